The van der Waals surface area contributed by atoms with E-state index in [1.165, 1.54) is 0 Å². The Bertz CT molecular complexity index is 175. The Hall–Kier alpha value is -0.610. The van der Waals surface area contributed by atoms with Crippen LogP contribution >= 0.6 is 0 Å². The number of carbonyl (C=O) groups excluding carboxylic acids is 1. The lowest BCUT2D eigenvalue weighted by Gasteiger charge is -2.25. The number of ether oxygens (including phenoxy) is 3. The summed E-state index contributed by atoms with van der Waals surface area (Å²) in [4.78, 5) is 11.2. The second kappa shape index (κ2) is 5.98. The molecule has 0 saturated carbocycles. The Morgan fingerprint density at radius 3 is 2.93 bits per heavy atom. The van der Waals surface area contributed by atoms with Crippen LogP contribution in [0.3, 0.4) is 0 Å². The normalized spacial score (nSPS) is 24.3. The highest BCUT2D eigenvalue weighted by Crippen LogP contribution is 2.15. The van der Waals surface area contributed by atoms with E-state index in [1.807, 2.05) is 0 Å². The third kappa shape index (κ3) is 3.64. The van der Waals surface area contributed by atoms with Gasteiger partial charge in [-0.25, -0.2) is 4.79 Å². The van der Waals surface area contributed by atoms with Crippen LogP contribution in [-0.4, -0.2) is 31.6 Å². The van der Waals surface area contributed by atoms with E-state index in [0.29, 0.717) is 6.61 Å². The van der Waals surface area contributed by atoms with Crippen molar-refractivity contribution >= 4 is 5.97 Å². The van der Waals surface area contributed by atoms with E-state index in [-0.39, 0.29) is 12.3 Å². The van der Waals surface area contributed by atoms with Crippen molar-refractivity contribution in [2.24, 2.45) is 0 Å². The molecule has 0 aromatic heterocycles. The standard InChI is InChI=1S/C10H18O4/c1-3-12-10(11)8(2)14-9-6-4-5-7-13-9/h8-9H,3-7H2,1-2H3/t8?,9-/m0/s1. The summed E-state index contributed by atoms with van der Waals surface area (Å²) >= 11 is 0. The third-order valence-corrected chi connectivity index (χ3v) is 2.11. The topological polar surface area (TPSA) is 44.8 Å². The molecule has 2 atom stereocenters. The van der Waals surface area contributed by atoms with Crippen LogP contribution in [0.1, 0.15) is 33.1 Å². The Labute approximate surface area is 84.5 Å². The van der Waals surface area contributed by atoms with E-state index in [1.54, 1.807) is 13.8 Å². The maximum Gasteiger partial charge on any atom is 0.335 e. The summed E-state index contributed by atoms with van der Waals surface area (Å²) in [5.41, 5.74) is 0. The van der Waals surface area contributed by atoms with Crippen molar-refractivity contribution in [2.45, 2.75) is 45.5 Å². The highest BCUT2D eigenvalue weighted by atomic mass is 16.7. The van der Waals surface area contributed by atoms with Crippen LogP contribution in [0.5, 0.6) is 0 Å². The van der Waals surface area contributed by atoms with Gasteiger partial charge in [0.05, 0.1) is 6.61 Å². The minimum absolute atomic E-state index is 0.233. The number of hydrogen-bond donors (Lipinski definition) is 0. The molecule has 1 unspecified atom stereocenters. The van der Waals surface area contributed by atoms with Gasteiger partial charge in [0.15, 0.2) is 12.4 Å². The minimum Gasteiger partial charge on any atom is -0.464 e. The smallest absolute Gasteiger partial charge is 0.335 e. The van der Waals surface area contributed by atoms with Crippen molar-refractivity contribution < 1.29 is 19.0 Å². The summed E-state index contributed by atoms with van der Waals surface area (Å²) in [6, 6.07) is 0. The molecule has 4 nitrogen and oxygen atoms in total. The maximum absolute atomic E-state index is 11.2. The Morgan fingerprint density at radius 1 is 1.57 bits per heavy atom. The molecule has 0 bridgehead atoms. The van der Waals surface area contributed by atoms with Crippen molar-refractivity contribution in [3.8, 4) is 0 Å². The van der Waals surface area contributed by atoms with Gasteiger partial charge in [0, 0.05) is 6.61 Å². The molecule has 1 saturated heterocycles. The molecule has 1 aliphatic heterocycles. The molecule has 1 fully saturated rings. The molecule has 0 aromatic rings. The van der Waals surface area contributed by atoms with E-state index >= 15 is 0 Å². The van der Waals surface area contributed by atoms with Gasteiger partial charge in [-0.3, -0.25) is 0 Å². The van der Waals surface area contributed by atoms with Crippen LogP contribution in [0.4, 0.5) is 0 Å². The van der Waals surface area contributed by atoms with Gasteiger partial charge in [-0.1, -0.05) is 0 Å². The van der Waals surface area contributed by atoms with Crippen molar-refractivity contribution in [3.05, 3.63) is 0 Å². The zero-order chi connectivity index (χ0) is 10.4. The molecule has 1 heterocycles. The predicted octanol–water partition coefficient (Wildman–Crippen LogP) is 1.48. The van der Waals surface area contributed by atoms with Crippen molar-refractivity contribution in [1.29, 1.82) is 0 Å². The lowest BCUT2D eigenvalue weighted by Crippen LogP contribution is -2.32. The first-order valence-electron chi connectivity index (χ1n) is 5.17. The van der Waals surface area contributed by atoms with Gasteiger partial charge >= 0.3 is 5.97 Å². The van der Waals surface area contributed by atoms with E-state index in [0.717, 1.165) is 25.9 Å². The average molecular weight is 202 g/mol. The molecule has 82 valence electrons. The van der Waals surface area contributed by atoms with Gasteiger partial charge in [-0.05, 0) is 33.1 Å². The minimum atomic E-state index is -0.530. The van der Waals surface area contributed by atoms with Crippen molar-refractivity contribution in [2.75, 3.05) is 13.2 Å². The monoisotopic (exact) mass is 202 g/mol. The summed E-state index contributed by atoms with van der Waals surface area (Å²) < 4.78 is 15.6. The lowest BCUT2D eigenvalue weighted by atomic mass is 10.2. The summed E-state index contributed by atoms with van der Waals surface area (Å²) in [6.45, 7) is 4.58. The molecule has 1 rings (SSSR count). The van der Waals surface area contributed by atoms with Gasteiger partial charge in [0.2, 0.25) is 0 Å². The Morgan fingerprint density at radius 2 is 2.36 bits per heavy atom. The van der Waals surface area contributed by atoms with Crippen LogP contribution in [0, 0.1) is 0 Å². The molecule has 0 radical (unpaired) electrons. The fraction of sp³-hybridized carbons (Fsp3) is 0.900. The first-order chi connectivity index (χ1) is 6.74. The fourth-order valence-corrected chi connectivity index (χ4v) is 1.36. The average Bonchev–Trinajstić information content (AvgIpc) is 2.19. The molecule has 14 heavy (non-hydrogen) atoms. The highest BCUT2D eigenvalue weighted by molar-refractivity contribution is 5.74. The number of esters is 1. The van der Waals surface area contributed by atoms with Gasteiger partial charge in [0.25, 0.3) is 0 Å². The SMILES string of the molecule is CCOC(=O)C(C)O[C@H]1CCCCO1. The zero-order valence-corrected chi connectivity index (χ0v) is 8.82. The molecule has 0 aliphatic carbocycles. The van der Waals surface area contributed by atoms with Crippen LogP contribution < -0.4 is 0 Å². The van der Waals surface area contributed by atoms with Crippen LogP contribution in [0.2, 0.25) is 0 Å². The quantitative estimate of drug-likeness (QED) is 0.648. The van der Waals surface area contributed by atoms with Crippen molar-refractivity contribution in [1.82, 2.24) is 0 Å². The fourth-order valence-electron chi connectivity index (χ4n) is 1.36. The molecular weight excluding hydrogens is 184 g/mol. The summed E-state index contributed by atoms with van der Waals surface area (Å²) in [6.07, 6.45) is 2.28. The maximum atomic E-state index is 11.2. The second-order valence-corrected chi connectivity index (χ2v) is 3.33. The van der Waals surface area contributed by atoms with Gasteiger partial charge in [-0.15, -0.1) is 0 Å². The molecule has 1 aliphatic rings. The van der Waals surface area contributed by atoms with Crippen LogP contribution in [0.25, 0.3) is 0 Å². The number of carbonyl (C=O) groups is 1. The molecule has 4 heteroatoms. The Balaban J connectivity index is 2.24. The van der Waals surface area contributed by atoms with E-state index in [9.17, 15) is 4.79 Å². The predicted molar refractivity (Wildman–Crippen MR) is 50.8 cm³/mol. The second-order valence-electron chi connectivity index (χ2n) is 3.33. The highest BCUT2D eigenvalue weighted by Gasteiger charge is 2.22. The summed E-state index contributed by atoms with van der Waals surface area (Å²) in [5, 5.41) is 0. The van der Waals surface area contributed by atoms with E-state index < -0.39 is 6.10 Å². The first kappa shape index (κ1) is 11.5. The van der Waals surface area contributed by atoms with Gasteiger partial charge in [-0.2, -0.15) is 0 Å². The van der Waals surface area contributed by atoms with Crippen molar-refractivity contribution in [3.63, 3.8) is 0 Å². The lowest BCUT2D eigenvalue weighted by molar-refractivity contribution is -0.200. The molecule has 0 spiro atoms. The number of rotatable bonds is 4. The van der Waals surface area contributed by atoms with E-state index in [4.69, 9.17) is 14.2 Å². The molecule has 0 N–H and O–H groups in total. The largest absolute Gasteiger partial charge is 0.464 e. The third-order valence-electron chi connectivity index (χ3n) is 2.11. The Kier molecular flexibility index (Phi) is 4.90. The summed E-state index contributed by atoms with van der Waals surface area (Å²) in [7, 11) is 0. The molecule has 0 aromatic carbocycles. The van der Waals surface area contributed by atoms with Crippen LogP contribution in [0.15, 0.2) is 0 Å². The van der Waals surface area contributed by atoms with E-state index in [2.05, 4.69) is 0 Å². The molecule has 0 amide bonds. The first-order valence-corrected chi connectivity index (χ1v) is 5.17. The summed E-state index contributed by atoms with van der Waals surface area (Å²) in [5.74, 6) is -0.318. The van der Waals surface area contributed by atoms with Crippen LogP contribution in [-0.2, 0) is 19.0 Å². The van der Waals surface area contributed by atoms with Gasteiger partial charge in [0.1, 0.15) is 0 Å². The number of hydrogen-bond acceptors (Lipinski definition) is 4. The van der Waals surface area contributed by atoms with Gasteiger partial charge < -0.3 is 14.2 Å². The molecular formula is C10H18O4. The zero-order valence-electron chi connectivity index (χ0n) is 8.82.